The minimum atomic E-state index is 0.908. The molecular weight excluding hydrogens is 454 g/mol. The van der Waals surface area contributed by atoms with Gasteiger partial charge in [0.15, 0.2) is 0 Å². The normalized spacial score (nSPS) is 13.7. The summed E-state index contributed by atoms with van der Waals surface area (Å²) < 4.78 is 2.09. The third kappa shape index (κ3) is 3.74. The number of rotatable bonds is 3. The van der Waals surface area contributed by atoms with E-state index < -0.39 is 0 Å². The molecule has 0 saturated carbocycles. The Morgan fingerprint density at radius 3 is 1.96 bits per heavy atom. The van der Waals surface area contributed by atoms with Gasteiger partial charge >= 0.3 is 0 Å². The Balaban J connectivity index is 1.77. The summed E-state index contributed by atoms with van der Waals surface area (Å²) in [7, 11) is 0. The van der Waals surface area contributed by atoms with E-state index in [4.69, 9.17) is 5.10 Å². The Labute approximate surface area is 169 Å². The largest absolute Gasteiger partial charge is 0.277 e. The molecule has 0 unspecified atom stereocenters. The molecular formula is C21H15Br2N3. The molecule has 3 aromatic rings. The van der Waals surface area contributed by atoms with E-state index in [0.717, 1.165) is 37.2 Å². The first-order valence-corrected chi connectivity index (χ1v) is 9.72. The summed E-state index contributed by atoms with van der Waals surface area (Å²) in [5, 5.41) is 6.59. The lowest BCUT2D eigenvalue weighted by molar-refractivity contribution is 0.787. The lowest BCUT2D eigenvalue weighted by Crippen LogP contribution is -2.36. The van der Waals surface area contributed by atoms with Gasteiger partial charge in [-0.25, -0.2) is 0 Å². The molecule has 1 aliphatic rings. The Kier molecular flexibility index (Phi) is 4.91. The van der Waals surface area contributed by atoms with Crippen molar-refractivity contribution < 1.29 is 0 Å². The molecule has 0 aliphatic carbocycles. The summed E-state index contributed by atoms with van der Waals surface area (Å²) in [5.74, 6) is 0. The van der Waals surface area contributed by atoms with E-state index in [2.05, 4.69) is 67.6 Å². The van der Waals surface area contributed by atoms with Crippen LogP contribution in [0.2, 0.25) is 0 Å². The highest BCUT2D eigenvalue weighted by Gasteiger charge is 2.17. The highest BCUT2D eigenvalue weighted by molar-refractivity contribution is 9.10. The van der Waals surface area contributed by atoms with Gasteiger partial charge in [-0.15, -0.1) is 0 Å². The van der Waals surface area contributed by atoms with Gasteiger partial charge in [-0.1, -0.05) is 74.3 Å². The number of halogens is 2. The van der Waals surface area contributed by atoms with Crippen LogP contribution in [0.25, 0.3) is 5.70 Å². The first-order chi connectivity index (χ1) is 12.7. The van der Waals surface area contributed by atoms with Crippen LogP contribution in [0.1, 0.15) is 11.1 Å². The maximum atomic E-state index is 4.78. The minimum absolute atomic E-state index is 0.908. The standard InChI is InChI=1S/C21H15Br2N3/c22-17-8-6-16(7-9-17)21-14-20(15-4-2-1-3-5-15)24-26(25-21)19-12-10-18(23)11-13-19/h1-14,25H. The summed E-state index contributed by atoms with van der Waals surface area (Å²) >= 11 is 6.98. The van der Waals surface area contributed by atoms with Gasteiger partial charge in [0.2, 0.25) is 0 Å². The molecule has 3 nitrogen and oxygen atoms in total. The lowest BCUT2D eigenvalue weighted by atomic mass is 10.1. The molecule has 0 fully saturated rings. The van der Waals surface area contributed by atoms with Crippen LogP contribution >= 0.6 is 31.9 Å². The molecule has 1 N–H and O–H groups in total. The van der Waals surface area contributed by atoms with Crippen molar-refractivity contribution >= 4 is 49.0 Å². The SMILES string of the molecule is Brc1ccc(C2=CC(c3ccccc3)=NN(c3ccc(Br)cc3)N2)cc1. The van der Waals surface area contributed by atoms with Crippen LogP contribution in [0.4, 0.5) is 5.69 Å². The van der Waals surface area contributed by atoms with E-state index in [1.807, 2.05) is 59.7 Å². The number of anilines is 1. The fourth-order valence-corrected chi connectivity index (χ4v) is 3.21. The molecule has 1 aliphatic heterocycles. The Morgan fingerprint density at radius 1 is 0.692 bits per heavy atom. The average Bonchev–Trinajstić information content (AvgIpc) is 2.69. The summed E-state index contributed by atoms with van der Waals surface area (Å²) in [6.45, 7) is 0. The van der Waals surface area contributed by atoms with Gasteiger partial charge in [0.05, 0.1) is 17.1 Å². The van der Waals surface area contributed by atoms with E-state index in [0.29, 0.717) is 0 Å². The molecule has 26 heavy (non-hydrogen) atoms. The van der Waals surface area contributed by atoms with Crippen molar-refractivity contribution in [3.63, 3.8) is 0 Å². The number of allylic oxidation sites excluding steroid dienone is 1. The van der Waals surface area contributed by atoms with Gasteiger partial charge in [0.1, 0.15) is 0 Å². The fourth-order valence-electron chi connectivity index (χ4n) is 2.68. The molecule has 0 atom stereocenters. The van der Waals surface area contributed by atoms with Gasteiger partial charge in [-0.2, -0.15) is 10.2 Å². The van der Waals surface area contributed by atoms with E-state index in [1.165, 1.54) is 0 Å². The number of hydrogen-bond donors (Lipinski definition) is 1. The fraction of sp³-hybridized carbons (Fsp3) is 0. The predicted octanol–water partition coefficient (Wildman–Crippen LogP) is 5.98. The monoisotopic (exact) mass is 467 g/mol. The quantitative estimate of drug-likeness (QED) is 0.511. The van der Waals surface area contributed by atoms with Gasteiger partial charge < -0.3 is 0 Å². The zero-order chi connectivity index (χ0) is 17.9. The molecule has 0 radical (unpaired) electrons. The van der Waals surface area contributed by atoms with Gasteiger partial charge in [0, 0.05) is 14.5 Å². The number of hydrazine groups is 1. The van der Waals surface area contributed by atoms with Gasteiger partial charge in [0.25, 0.3) is 0 Å². The molecule has 0 spiro atoms. The van der Waals surface area contributed by atoms with Crippen molar-refractivity contribution in [1.82, 2.24) is 5.43 Å². The third-order valence-corrected chi connectivity index (χ3v) is 5.07. The zero-order valence-electron chi connectivity index (χ0n) is 13.7. The first kappa shape index (κ1) is 17.1. The van der Waals surface area contributed by atoms with Crippen molar-refractivity contribution in [2.75, 3.05) is 5.12 Å². The lowest BCUT2D eigenvalue weighted by Gasteiger charge is -2.28. The Morgan fingerprint density at radius 2 is 1.31 bits per heavy atom. The summed E-state index contributed by atoms with van der Waals surface area (Å²) in [5.41, 5.74) is 8.44. The van der Waals surface area contributed by atoms with E-state index >= 15 is 0 Å². The Hall–Kier alpha value is -2.37. The summed E-state index contributed by atoms with van der Waals surface area (Å²) in [6.07, 6.45) is 2.08. The van der Waals surface area contributed by atoms with Crippen molar-refractivity contribution in [1.29, 1.82) is 0 Å². The maximum Gasteiger partial charge on any atom is 0.0949 e. The van der Waals surface area contributed by atoms with E-state index in [-0.39, 0.29) is 0 Å². The highest BCUT2D eigenvalue weighted by atomic mass is 79.9. The minimum Gasteiger partial charge on any atom is -0.277 e. The maximum absolute atomic E-state index is 4.78. The van der Waals surface area contributed by atoms with E-state index in [9.17, 15) is 0 Å². The Bertz CT molecular complexity index is 962. The number of nitrogens with zero attached hydrogens (tertiary/aromatic N) is 2. The molecule has 1 heterocycles. The van der Waals surface area contributed by atoms with Crippen LogP contribution in [0.15, 0.2) is 99.0 Å². The summed E-state index contributed by atoms with van der Waals surface area (Å²) in [6, 6.07) is 26.5. The van der Waals surface area contributed by atoms with Gasteiger partial charge in [-0.05, 0) is 48.0 Å². The highest BCUT2D eigenvalue weighted by Crippen LogP contribution is 2.25. The third-order valence-electron chi connectivity index (χ3n) is 4.01. The number of hydrazone groups is 1. The van der Waals surface area contributed by atoms with Crippen LogP contribution in [0.5, 0.6) is 0 Å². The van der Waals surface area contributed by atoms with Crippen molar-refractivity contribution in [3.8, 4) is 0 Å². The average molecular weight is 469 g/mol. The second-order valence-electron chi connectivity index (χ2n) is 5.82. The van der Waals surface area contributed by atoms with Crippen LogP contribution in [-0.4, -0.2) is 5.71 Å². The predicted molar refractivity (Wildman–Crippen MR) is 115 cm³/mol. The number of hydrogen-bond acceptors (Lipinski definition) is 3. The topological polar surface area (TPSA) is 27.6 Å². The molecule has 3 aromatic carbocycles. The molecule has 0 aromatic heterocycles. The smallest absolute Gasteiger partial charge is 0.0949 e. The van der Waals surface area contributed by atoms with Crippen molar-refractivity contribution in [2.24, 2.45) is 5.10 Å². The molecule has 128 valence electrons. The molecule has 0 bridgehead atoms. The van der Waals surface area contributed by atoms with E-state index in [1.54, 1.807) is 0 Å². The van der Waals surface area contributed by atoms with Crippen molar-refractivity contribution in [3.05, 3.63) is 105 Å². The van der Waals surface area contributed by atoms with Gasteiger partial charge in [-0.3, -0.25) is 5.43 Å². The first-order valence-electron chi connectivity index (χ1n) is 8.13. The summed E-state index contributed by atoms with van der Waals surface area (Å²) in [4.78, 5) is 0. The van der Waals surface area contributed by atoms with Crippen LogP contribution in [-0.2, 0) is 0 Å². The number of nitrogens with one attached hydrogen (secondary N) is 1. The second kappa shape index (κ2) is 7.48. The van der Waals surface area contributed by atoms with Crippen LogP contribution in [0.3, 0.4) is 0 Å². The molecule has 0 saturated heterocycles. The number of benzene rings is 3. The molecule has 5 heteroatoms. The second-order valence-corrected chi connectivity index (χ2v) is 7.65. The molecule has 4 rings (SSSR count). The molecule has 0 amide bonds. The van der Waals surface area contributed by atoms with Crippen LogP contribution < -0.4 is 10.5 Å². The zero-order valence-corrected chi connectivity index (χ0v) is 16.9. The van der Waals surface area contributed by atoms with Crippen LogP contribution in [0, 0.1) is 0 Å². The van der Waals surface area contributed by atoms with Crippen molar-refractivity contribution in [2.45, 2.75) is 0 Å².